The summed E-state index contributed by atoms with van der Waals surface area (Å²) in [6.07, 6.45) is 1.55. The normalized spacial score (nSPS) is 12.0. The molecule has 0 bridgehead atoms. The Morgan fingerprint density at radius 2 is 1.90 bits per heavy atom. The zero-order valence-electron chi connectivity index (χ0n) is 15.9. The van der Waals surface area contributed by atoms with E-state index in [1.165, 1.54) is 0 Å². The fraction of sp³-hybridized carbons (Fsp3) is 0.136. The molecule has 1 N–H and O–H groups in total. The quantitative estimate of drug-likeness (QED) is 0.453. The van der Waals surface area contributed by atoms with Crippen LogP contribution in [0.15, 0.2) is 59.7 Å². The van der Waals surface area contributed by atoms with E-state index in [4.69, 9.17) is 23.2 Å². The van der Waals surface area contributed by atoms with Gasteiger partial charge in [-0.2, -0.15) is 10.4 Å². The van der Waals surface area contributed by atoms with E-state index in [9.17, 15) is 10.1 Å². The number of benzene rings is 2. The maximum Gasteiger partial charge on any atom is 0.261 e. The highest BCUT2D eigenvalue weighted by atomic mass is 35.5. The van der Waals surface area contributed by atoms with Gasteiger partial charge in [0.2, 0.25) is 0 Å². The van der Waals surface area contributed by atoms with Crippen molar-refractivity contribution < 1.29 is 4.79 Å². The van der Waals surface area contributed by atoms with Crippen LogP contribution in [0.4, 0.5) is 0 Å². The van der Waals surface area contributed by atoms with E-state index in [0.29, 0.717) is 15.6 Å². The summed E-state index contributed by atoms with van der Waals surface area (Å²) in [6.45, 7) is 3.87. The second-order valence-corrected chi connectivity index (χ2v) is 7.23. The topological polar surface area (TPSA) is 70.2 Å². The molecule has 146 valence electrons. The van der Waals surface area contributed by atoms with Crippen molar-refractivity contribution in [3.63, 3.8) is 0 Å². The molecule has 3 aromatic rings. The van der Waals surface area contributed by atoms with Crippen molar-refractivity contribution in [2.45, 2.75) is 19.8 Å². The third-order valence-corrected chi connectivity index (χ3v) is 5.35. The minimum Gasteiger partial charge on any atom is -0.316 e. The molecule has 0 aliphatic heterocycles. The first kappa shape index (κ1) is 20.7. The maximum absolute atomic E-state index is 12.3. The molecule has 1 heterocycles. The zero-order chi connectivity index (χ0) is 21.0. The third-order valence-electron chi connectivity index (χ3n) is 4.54. The van der Waals surface area contributed by atoms with Gasteiger partial charge < -0.3 is 4.57 Å². The Morgan fingerprint density at radius 3 is 2.59 bits per heavy atom. The van der Waals surface area contributed by atoms with Crippen LogP contribution in [0.2, 0.25) is 10.0 Å². The molecule has 0 unspecified atom stereocenters. The molecule has 2 aromatic carbocycles. The van der Waals surface area contributed by atoms with Crippen LogP contribution in [-0.4, -0.2) is 16.7 Å². The summed E-state index contributed by atoms with van der Waals surface area (Å²) in [5.41, 5.74) is 6.49. The van der Waals surface area contributed by atoms with Crippen LogP contribution in [0.25, 0.3) is 5.69 Å². The predicted molar refractivity (Wildman–Crippen MR) is 116 cm³/mol. The number of hydrogen-bond acceptors (Lipinski definition) is 3. The van der Waals surface area contributed by atoms with E-state index in [1.807, 2.05) is 48.7 Å². The minimum atomic E-state index is -0.925. The van der Waals surface area contributed by atoms with Crippen LogP contribution in [-0.2, 0) is 4.79 Å². The molecule has 1 amide bonds. The molecule has 0 radical (unpaired) electrons. The molecule has 0 saturated carbocycles. The summed E-state index contributed by atoms with van der Waals surface area (Å²) in [4.78, 5) is 12.3. The summed E-state index contributed by atoms with van der Waals surface area (Å²) >= 11 is 12.5. The average Bonchev–Trinajstić information content (AvgIpc) is 2.99. The van der Waals surface area contributed by atoms with Crippen molar-refractivity contribution in [3.05, 3.63) is 87.2 Å². The lowest BCUT2D eigenvalue weighted by atomic mass is 10.0. The lowest BCUT2D eigenvalue weighted by Crippen LogP contribution is -2.24. The summed E-state index contributed by atoms with van der Waals surface area (Å²) in [7, 11) is 0. The van der Waals surface area contributed by atoms with Crippen molar-refractivity contribution in [1.82, 2.24) is 9.99 Å². The standard InChI is InChI=1S/C22H18Cl2N4O/c1-14-11-17(15(2)28(14)20-10-6-9-19(23)21(20)24)13-26-27-22(29)18(12-25)16-7-4-3-5-8-16/h3-11,13,18H,1-2H3,(H,27,29)/b26-13-/t18-/m1/s1. The number of carbonyl (C=O) groups excluding carboxylic acids is 1. The Bertz CT molecular complexity index is 1110. The Balaban J connectivity index is 1.81. The van der Waals surface area contributed by atoms with Crippen LogP contribution < -0.4 is 5.43 Å². The summed E-state index contributed by atoms with van der Waals surface area (Å²) in [5, 5.41) is 14.3. The number of amides is 1. The van der Waals surface area contributed by atoms with Crippen molar-refractivity contribution in [2.24, 2.45) is 5.10 Å². The Hall–Kier alpha value is -3.07. The highest BCUT2D eigenvalue weighted by molar-refractivity contribution is 6.43. The third kappa shape index (κ3) is 4.34. The number of aryl methyl sites for hydroxylation is 1. The Kier molecular flexibility index (Phi) is 6.38. The maximum atomic E-state index is 12.3. The molecular weight excluding hydrogens is 407 g/mol. The number of rotatable bonds is 5. The average molecular weight is 425 g/mol. The van der Waals surface area contributed by atoms with Crippen LogP contribution in [0.3, 0.4) is 0 Å². The van der Waals surface area contributed by atoms with E-state index in [1.54, 1.807) is 36.5 Å². The largest absolute Gasteiger partial charge is 0.316 e. The van der Waals surface area contributed by atoms with Gasteiger partial charge in [0.25, 0.3) is 5.91 Å². The number of hydrazone groups is 1. The fourth-order valence-electron chi connectivity index (χ4n) is 3.11. The van der Waals surface area contributed by atoms with Crippen LogP contribution in [0.5, 0.6) is 0 Å². The van der Waals surface area contributed by atoms with Gasteiger partial charge in [0.15, 0.2) is 5.92 Å². The van der Waals surface area contributed by atoms with Crippen LogP contribution >= 0.6 is 23.2 Å². The molecule has 29 heavy (non-hydrogen) atoms. The van der Waals surface area contributed by atoms with Gasteiger partial charge in [-0.1, -0.05) is 59.6 Å². The zero-order valence-corrected chi connectivity index (χ0v) is 17.4. The first-order chi connectivity index (χ1) is 13.9. The molecule has 1 atom stereocenters. The van der Waals surface area contributed by atoms with Crippen molar-refractivity contribution >= 4 is 35.3 Å². The molecule has 7 heteroatoms. The highest BCUT2D eigenvalue weighted by Gasteiger charge is 2.19. The fourth-order valence-corrected chi connectivity index (χ4v) is 3.49. The van der Waals surface area contributed by atoms with Gasteiger partial charge >= 0.3 is 0 Å². The first-order valence-electron chi connectivity index (χ1n) is 8.85. The molecule has 0 aliphatic rings. The van der Waals surface area contributed by atoms with Crippen molar-refractivity contribution in [2.75, 3.05) is 0 Å². The second-order valence-electron chi connectivity index (χ2n) is 6.44. The summed E-state index contributed by atoms with van der Waals surface area (Å²) < 4.78 is 1.97. The van der Waals surface area contributed by atoms with E-state index in [-0.39, 0.29) is 0 Å². The molecule has 0 spiro atoms. The van der Waals surface area contributed by atoms with Crippen LogP contribution in [0.1, 0.15) is 28.4 Å². The minimum absolute atomic E-state index is 0.465. The Morgan fingerprint density at radius 1 is 1.17 bits per heavy atom. The molecule has 0 saturated heterocycles. The van der Waals surface area contributed by atoms with Gasteiger partial charge in [0.1, 0.15) is 0 Å². The van der Waals surface area contributed by atoms with E-state index in [0.717, 1.165) is 22.6 Å². The Labute approximate surface area is 179 Å². The number of nitriles is 1. The van der Waals surface area contributed by atoms with Gasteiger partial charge in [-0.05, 0) is 37.6 Å². The number of hydrogen-bond donors (Lipinski definition) is 1. The lowest BCUT2D eigenvalue weighted by molar-refractivity contribution is -0.121. The SMILES string of the molecule is Cc1cc(/C=N\NC(=O)[C@H](C#N)c2ccccc2)c(C)n1-c1cccc(Cl)c1Cl. The van der Waals surface area contributed by atoms with Gasteiger partial charge in [-0.3, -0.25) is 4.79 Å². The lowest BCUT2D eigenvalue weighted by Gasteiger charge is -2.12. The summed E-state index contributed by atoms with van der Waals surface area (Å²) in [6, 6.07) is 18.3. The van der Waals surface area contributed by atoms with Crippen molar-refractivity contribution in [1.29, 1.82) is 5.26 Å². The van der Waals surface area contributed by atoms with Gasteiger partial charge in [0.05, 0.1) is 28.0 Å². The smallest absolute Gasteiger partial charge is 0.261 e. The van der Waals surface area contributed by atoms with Gasteiger partial charge in [-0.15, -0.1) is 0 Å². The number of carbonyl (C=O) groups is 1. The van der Waals surface area contributed by atoms with E-state index in [2.05, 4.69) is 10.5 Å². The first-order valence-corrected chi connectivity index (χ1v) is 9.60. The molecule has 3 rings (SSSR count). The molecule has 5 nitrogen and oxygen atoms in total. The summed E-state index contributed by atoms with van der Waals surface area (Å²) in [5.74, 6) is -1.41. The van der Waals surface area contributed by atoms with E-state index >= 15 is 0 Å². The monoisotopic (exact) mass is 424 g/mol. The molecule has 0 aliphatic carbocycles. The predicted octanol–water partition coefficient (Wildman–Crippen LogP) is 5.16. The second kappa shape index (κ2) is 8.95. The highest BCUT2D eigenvalue weighted by Crippen LogP contribution is 2.31. The molecular formula is C22H18Cl2N4O. The van der Waals surface area contributed by atoms with Gasteiger partial charge in [-0.25, -0.2) is 5.43 Å². The number of nitrogens with one attached hydrogen (secondary N) is 1. The van der Waals surface area contributed by atoms with Gasteiger partial charge in [0, 0.05) is 17.0 Å². The molecule has 0 fully saturated rings. The number of aromatic nitrogens is 1. The number of nitrogens with zero attached hydrogens (tertiary/aromatic N) is 3. The van der Waals surface area contributed by atoms with Crippen molar-refractivity contribution in [3.8, 4) is 11.8 Å². The van der Waals surface area contributed by atoms with E-state index < -0.39 is 11.8 Å². The molecule has 1 aromatic heterocycles. The number of halogens is 2. The van der Waals surface area contributed by atoms with Crippen LogP contribution in [0, 0.1) is 25.2 Å².